The highest BCUT2D eigenvalue weighted by Gasteiger charge is 2.37. The Kier molecular flexibility index (Phi) is 12.3. The van der Waals surface area contributed by atoms with E-state index in [4.69, 9.17) is 4.74 Å². The zero-order chi connectivity index (χ0) is 26.2. The minimum atomic E-state index is -0.632. The number of carbonyl (C=O) groups excluding carboxylic acids is 3. The molecule has 0 aromatic rings. The van der Waals surface area contributed by atoms with Gasteiger partial charge in [0.05, 0.1) is 18.7 Å². The van der Waals surface area contributed by atoms with Crippen molar-refractivity contribution < 1.29 is 19.1 Å². The first-order valence-electron chi connectivity index (χ1n) is 13.0. The summed E-state index contributed by atoms with van der Waals surface area (Å²) in [5.74, 6) is 0.0424. The third-order valence-electron chi connectivity index (χ3n) is 6.99. The average Bonchev–Trinajstić information content (AvgIpc) is 2.78. The average molecular weight is 480 g/mol. The molecule has 1 N–H and O–H groups in total. The summed E-state index contributed by atoms with van der Waals surface area (Å²) in [5.41, 5.74) is 0.477. The normalized spacial score (nSPS) is 21.5. The van der Waals surface area contributed by atoms with Crippen LogP contribution in [0, 0.1) is 17.8 Å². The Morgan fingerprint density at radius 1 is 1.06 bits per heavy atom. The minimum absolute atomic E-state index is 0.0666. The van der Waals surface area contributed by atoms with E-state index in [-0.39, 0.29) is 47.7 Å². The second-order valence-electron chi connectivity index (χ2n) is 10.6. The van der Waals surface area contributed by atoms with E-state index >= 15 is 0 Å². The van der Waals surface area contributed by atoms with E-state index in [9.17, 15) is 14.4 Å². The van der Waals surface area contributed by atoms with Gasteiger partial charge in [0.1, 0.15) is 6.04 Å². The molecule has 1 rings (SSSR count). The Labute approximate surface area is 207 Å². The van der Waals surface area contributed by atoms with Crippen LogP contribution in [-0.4, -0.2) is 72.0 Å². The van der Waals surface area contributed by atoms with Crippen molar-refractivity contribution in [3.8, 4) is 0 Å². The van der Waals surface area contributed by atoms with Gasteiger partial charge in [0, 0.05) is 25.2 Å². The first kappa shape index (κ1) is 30.1. The fourth-order valence-corrected chi connectivity index (χ4v) is 4.71. The van der Waals surface area contributed by atoms with Gasteiger partial charge in [0.2, 0.25) is 11.8 Å². The summed E-state index contributed by atoms with van der Waals surface area (Å²) in [6, 6.07) is -0.869. The van der Waals surface area contributed by atoms with Crippen molar-refractivity contribution in [3.63, 3.8) is 0 Å². The molecule has 0 bridgehead atoms. The number of carbonyl (C=O) groups is 3. The van der Waals surface area contributed by atoms with Crippen molar-refractivity contribution in [1.82, 2.24) is 15.1 Å². The molecule has 1 saturated heterocycles. The molecule has 1 aliphatic rings. The third kappa shape index (κ3) is 8.10. The van der Waals surface area contributed by atoms with Gasteiger partial charge in [0.25, 0.3) is 0 Å². The van der Waals surface area contributed by atoms with Crippen molar-refractivity contribution in [2.75, 3.05) is 20.2 Å². The zero-order valence-corrected chi connectivity index (χ0v) is 23.2. The Hall–Kier alpha value is -1.89. The van der Waals surface area contributed by atoms with Crippen LogP contribution in [0.2, 0.25) is 0 Å². The van der Waals surface area contributed by atoms with Gasteiger partial charge in [-0.05, 0) is 58.3 Å². The smallest absolute Gasteiger partial charge is 0.333 e. The van der Waals surface area contributed by atoms with E-state index < -0.39 is 6.04 Å². The SMILES string of the molecule is CCOC(=O)/C(C)=C/[C@H](C(C)C)N(C)C(=O)[C@@H](NC(=O)[C@H]1CCC(CC)CN1C(C)C)C(C)C. The monoisotopic (exact) mass is 479 g/mol. The van der Waals surface area contributed by atoms with Crippen LogP contribution in [0.15, 0.2) is 11.6 Å². The van der Waals surface area contributed by atoms with Crippen molar-refractivity contribution in [3.05, 3.63) is 11.6 Å². The van der Waals surface area contributed by atoms with E-state index in [2.05, 4.69) is 31.0 Å². The number of likely N-dealkylation sites (N-methyl/N-ethyl adjacent to an activating group) is 1. The van der Waals surface area contributed by atoms with Gasteiger partial charge < -0.3 is 15.0 Å². The van der Waals surface area contributed by atoms with Crippen LogP contribution < -0.4 is 5.32 Å². The van der Waals surface area contributed by atoms with Gasteiger partial charge >= 0.3 is 5.97 Å². The maximum absolute atomic E-state index is 13.6. The second kappa shape index (κ2) is 13.9. The quantitative estimate of drug-likeness (QED) is 0.358. The molecule has 0 aromatic heterocycles. The number of esters is 1. The van der Waals surface area contributed by atoms with E-state index in [0.717, 1.165) is 25.8 Å². The van der Waals surface area contributed by atoms with Crippen molar-refractivity contribution in [2.45, 2.75) is 106 Å². The lowest BCUT2D eigenvalue weighted by atomic mass is 9.89. The van der Waals surface area contributed by atoms with Gasteiger partial charge in [-0.3, -0.25) is 14.5 Å². The Bertz CT molecular complexity index is 717. The van der Waals surface area contributed by atoms with E-state index in [1.54, 1.807) is 31.9 Å². The summed E-state index contributed by atoms with van der Waals surface area (Å²) in [6.45, 7) is 19.1. The predicted molar refractivity (Wildman–Crippen MR) is 137 cm³/mol. The highest BCUT2D eigenvalue weighted by atomic mass is 16.5. The second-order valence-corrected chi connectivity index (χ2v) is 10.6. The first-order valence-corrected chi connectivity index (χ1v) is 13.0. The number of hydrogen-bond donors (Lipinski definition) is 1. The van der Waals surface area contributed by atoms with Crippen LogP contribution in [0.5, 0.6) is 0 Å². The highest BCUT2D eigenvalue weighted by Crippen LogP contribution is 2.26. The molecule has 1 heterocycles. The zero-order valence-electron chi connectivity index (χ0n) is 23.2. The molecule has 196 valence electrons. The number of amides is 2. The van der Waals surface area contributed by atoms with E-state index in [1.807, 2.05) is 27.7 Å². The van der Waals surface area contributed by atoms with Crippen LogP contribution >= 0.6 is 0 Å². The number of ether oxygens (including phenoxy) is 1. The summed E-state index contributed by atoms with van der Waals surface area (Å²) in [7, 11) is 1.75. The molecule has 1 unspecified atom stereocenters. The number of hydrogen-bond acceptors (Lipinski definition) is 5. The lowest BCUT2D eigenvalue weighted by Crippen LogP contribution is -2.59. The predicted octanol–water partition coefficient (Wildman–Crippen LogP) is 4.02. The van der Waals surface area contributed by atoms with Gasteiger partial charge in [-0.25, -0.2) is 4.79 Å². The van der Waals surface area contributed by atoms with Crippen molar-refractivity contribution >= 4 is 17.8 Å². The first-order chi connectivity index (χ1) is 15.8. The highest BCUT2D eigenvalue weighted by molar-refractivity contribution is 5.91. The topological polar surface area (TPSA) is 79.0 Å². The molecular formula is C27H49N3O4. The molecule has 0 radical (unpaired) electrons. The van der Waals surface area contributed by atoms with E-state index in [0.29, 0.717) is 18.1 Å². The van der Waals surface area contributed by atoms with Gasteiger partial charge in [0.15, 0.2) is 0 Å². The molecule has 2 amide bonds. The molecule has 1 aliphatic heterocycles. The number of piperidine rings is 1. The van der Waals surface area contributed by atoms with Gasteiger partial charge in [-0.1, -0.05) is 47.1 Å². The Balaban J connectivity index is 3.07. The summed E-state index contributed by atoms with van der Waals surface area (Å²) in [4.78, 5) is 43.1. The molecule has 0 aromatic carbocycles. The summed E-state index contributed by atoms with van der Waals surface area (Å²) in [5, 5.41) is 3.09. The van der Waals surface area contributed by atoms with Crippen LogP contribution in [-0.2, 0) is 19.1 Å². The summed E-state index contributed by atoms with van der Waals surface area (Å²) >= 11 is 0. The molecule has 1 fully saturated rings. The van der Waals surface area contributed by atoms with Crippen LogP contribution in [0.4, 0.5) is 0 Å². The number of nitrogens with zero attached hydrogens (tertiary/aromatic N) is 2. The lowest BCUT2D eigenvalue weighted by molar-refractivity contribution is -0.141. The molecule has 34 heavy (non-hydrogen) atoms. The van der Waals surface area contributed by atoms with Crippen LogP contribution in [0.1, 0.15) is 81.6 Å². The molecule has 4 atom stereocenters. The molecule has 7 nitrogen and oxygen atoms in total. The Morgan fingerprint density at radius 3 is 2.15 bits per heavy atom. The minimum Gasteiger partial charge on any atom is -0.463 e. The van der Waals surface area contributed by atoms with Crippen LogP contribution in [0.25, 0.3) is 0 Å². The van der Waals surface area contributed by atoms with E-state index in [1.165, 1.54) is 0 Å². The van der Waals surface area contributed by atoms with Crippen molar-refractivity contribution in [2.24, 2.45) is 17.8 Å². The van der Waals surface area contributed by atoms with Crippen LogP contribution in [0.3, 0.4) is 0 Å². The number of nitrogens with one attached hydrogen (secondary N) is 1. The van der Waals surface area contributed by atoms with Crippen molar-refractivity contribution in [1.29, 1.82) is 0 Å². The lowest BCUT2D eigenvalue weighted by Gasteiger charge is -2.42. The molecule has 7 heteroatoms. The maximum atomic E-state index is 13.6. The standard InChI is InChI=1S/C27H49N3O4/c1-11-21-13-14-22(30(16-21)19(7)8)25(31)28-24(18(5)6)26(32)29(10)23(17(3)4)15-20(9)27(33)34-12-2/h15,17-19,21-24H,11-14,16H2,1-10H3,(H,28,31)/b20-15+/t21?,22-,23-,24+/m1/s1. The molecule has 0 spiro atoms. The molecule has 0 saturated carbocycles. The van der Waals surface area contributed by atoms with Gasteiger partial charge in [-0.15, -0.1) is 0 Å². The fraction of sp³-hybridized carbons (Fsp3) is 0.815. The summed E-state index contributed by atoms with van der Waals surface area (Å²) < 4.78 is 5.10. The third-order valence-corrected chi connectivity index (χ3v) is 6.99. The Morgan fingerprint density at radius 2 is 1.68 bits per heavy atom. The molecular weight excluding hydrogens is 430 g/mol. The van der Waals surface area contributed by atoms with Gasteiger partial charge in [-0.2, -0.15) is 0 Å². The molecule has 0 aliphatic carbocycles. The maximum Gasteiger partial charge on any atom is 0.333 e. The largest absolute Gasteiger partial charge is 0.463 e. The number of likely N-dealkylation sites (tertiary alicyclic amines) is 1. The fourth-order valence-electron chi connectivity index (χ4n) is 4.71. The number of rotatable bonds is 11. The summed E-state index contributed by atoms with van der Waals surface area (Å²) in [6.07, 6.45) is 4.76.